The number of rotatable bonds is 4. The molecule has 0 bridgehead atoms. The number of hydrogen-bond donors (Lipinski definition) is 2. The number of carbonyl (C=O) groups is 3. The first-order valence-electron chi connectivity index (χ1n) is 7.70. The van der Waals surface area contributed by atoms with Crippen molar-refractivity contribution in [3.05, 3.63) is 29.3 Å². The van der Waals surface area contributed by atoms with Crippen LogP contribution in [0.4, 0.5) is 10.5 Å². The third-order valence-corrected chi connectivity index (χ3v) is 4.65. The summed E-state index contributed by atoms with van der Waals surface area (Å²) in [5.74, 6) is -0.445. The third kappa shape index (κ3) is 3.17. The van der Waals surface area contributed by atoms with Crippen molar-refractivity contribution >= 4 is 35.1 Å². The molecule has 1 saturated carbocycles. The van der Waals surface area contributed by atoms with Crippen LogP contribution in [0.3, 0.4) is 0 Å². The molecular weight excluding hydrogens is 318 g/mol. The summed E-state index contributed by atoms with van der Waals surface area (Å²) in [4.78, 5) is 37.6. The minimum Gasteiger partial charge on any atom is -0.326 e. The molecular formula is C16H18ClN3O3. The van der Waals surface area contributed by atoms with E-state index < -0.39 is 11.6 Å². The van der Waals surface area contributed by atoms with Gasteiger partial charge in [0.15, 0.2) is 0 Å². The molecule has 6 nitrogen and oxygen atoms in total. The summed E-state index contributed by atoms with van der Waals surface area (Å²) in [6.07, 6.45) is 3.32. The normalized spacial score (nSPS) is 19.3. The number of nitrogens with zero attached hydrogens (tertiary/aromatic N) is 1. The highest BCUT2D eigenvalue weighted by Crippen LogP contribution is 2.35. The van der Waals surface area contributed by atoms with Gasteiger partial charge in [-0.05, 0) is 37.1 Å². The molecule has 1 spiro atoms. The lowest BCUT2D eigenvalue weighted by Gasteiger charge is -2.19. The summed E-state index contributed by atoms with van der Waals surface area (Å²) < 4.78 is 0. The topological polar surface area (TPSA) is 78.5 Å². The van der Waals surface area contributed by atoms with Gasteiger partial charge in [-0.2, -0.15) is 0 Å². The van der Waals surface area contributed by atoms with Crippen LogP contribution in [0, 0.1) is 0 Å². The second-order valence-corrected chi connectivity index (χ2v) is 6.42. The van der Waals surface area contributed by atoms with Crippen LogP contribution in [-0.2, 0) is 9.59 Å². The van der Waals surface area contributed by atoms with Gasteiger partial charge in [0.05, 0.1) is 0 Å². The molecule has 1 aliphatic carbocycles. The van der Waals surface area contributed by atoms with Crippen molar-refractivity contribution in [1.82, 2.24) is 10.2 Å². The van der Waals surface area contributed by atoms with Crippen molar-refractivity contribution in [3.8, 4) is 0 Å². The molecule has 1 aromatic carbocycles. The van der Waals surface area contributed by atoms with E-state index in [0.29, 0.717) is 23.6 Å². The molecule has 1 saturated heterocycles. The quantitative estimate of drug-likeness (QED) is 0.830. The van der Waals surface area contributed by atoms with Crippen LogP contribution in [-0.4, -0.2) is 34.8 Å². The highest BCUT2D eigenvalue weighted by Gasteiger charge is 2.52. The molecule has 23 heavy (non-hydrogen) atoms. The summed E-state index contributed by atoms with van der Waals surface area (Å²) in [5, 5.41) is 6.10. The Morgan fingerprint density at radius 3 is 2.52 bits per heavy atom. The Bertz CT molecular complexity index is 638. The van der Waals surface area contributed by atoms with Crippen molar-refractivity contribution in [1.29, 1.82) is 0 Å². The number of nitrogens with one attached hydrogen (secondary N) is 2. The summed E-state index contributed by atoms with van der Waals surface area (Å²) >= 11 is 5.79. The molecule has 4 amide bonds. The molecule has 0 radical (unpaired) electrons. The van der Waals surface area contributed by atoms with E-state index in [4.69, 9.17) is 11.6 Å². The summed E-state index contributed by atoms with van der Waals surface area (Å²) in [5.41, 5.74) is -0.0899. The number of halogens is 1. The largest absolute Gasteiger partial charge is 0.326 e. The average molecular weight is 336 g/mol. The number of hydrogen-bond acceptors (Lipinski definition) is 3. The molecule has 0 atom stereocenters. The number of amides is 4. The van der Waals surface area contributed by atoms with Gasteiger partial charge < -0.3 is 10.6 Å². The lowest BCUT2D eigenvalue weighted by molar-refractivity contribution is -0.131. The van der Waals surface area contributed by atoms with Gasteiger partial charge in [-0.3, -0.25) is 14.5 Å². The van der Waals surface area contributed by atoms with Crippen LogP contribution >= 0.6 is 11.6 Å². The fraction of sp³-hybridized carbons (Fsp3) is 0.438. The smallest absolute Gasteiger partial charge is 0.325 e. The fourth-order valence-corrected chi connectivity index (χ4v) is 3.29. The molecule has 1 aromatic rings. The minimum atomic E-state index is -0.719. The summed E-state index contributed by atoms with van der Waals surface area (Å²) in [7, 11) is 0. The predicted molar refractivity (Wildman–Crippen MR) is 86.1 cm³/mol. The highest BCUT2D eigenvalue weighted by atomic mass is 35.5. The van der Waals surface area contributed by atoms with Gasteiger partial charge in [0.25, 0.3) is 5.91 Å². The lowest BCUT2D eigenvalue weighted by Crippen LogP contribution is -2.44. The molecule has 2 N–H and O–H groups in total. The molecule has 1 heterocycles. The number of imide groups is 1. The number of carbonyl (C=O) groups excluding carboxylic acids is 3. The van der Waals surface area contributed by atoms with Crippen LogP contribution in [0.2, 0.25) is 5.02 Å². The number of benzene rings is 1. The van der Waals surface area contributed by atoms with Gasteiger partial charge in [0, 0.05) is 23.7 Å². The monoisotopic (exact) mass is 335 g/mol. The Morgan fingerprint density at radius 2 is 1.87 bits per heavy atom. The van der Waals surface area contributed by atoms with E-state index in [9.17, 15) is 14.4 Å². The maximum absolute atomic E-state index is 12.4. The van der Waals surface area contributed by atoms with E-state index >= 15 is 0 Å². The van der Waals surface area contributed by atoms with E-state index in [1.165, 1.54) is 0 Å². The molecule has 2 fully saturated rings. The molecule has 7 heteroatoms. The van der Waals surface area contributed by atoms with E-state index in [2.05, 4.69) is 10.6 Å². The number of anilines is 1. The van der Waals surface area contributed by atoms with E-state index in [0.717, 1.165) is 17.7 Å². The summed E-state index contributed by atoms with van der Waals surface area (Å²) in [6, 6.07) is 6.36. The van der Waals surface area contributed by atoms with Crippen LogP contribution < -0.4 is 10.6 Å². The fourth-order valence-electron chi connectivity index (χ4n) is 3.17. The highest BCUT2D eigenvalue weighted by molar-refractivity contribution is 6.30. The first kappa shape index (κ1) is 15.8. The zero-order chi connectivity index (χ0) is 16.4. The molecule has 0 unspecified atom stereocenters. The van der Waals surface area contributed by atoms with Gasteiger partial charge in [-0.15, -0.1) is 0 Å². The Morgan fingerprint density at radius 1 is 1.22 bits per heavy atom. The third-order valence-electron chi connectivity index (χ3n) is 4.39. The zero-order valence-corrected chi connectivity index (χ0v) is 13.4. The second-order valence-electron chi connectivity index (χ2n) is 5.98. The van der Waals surface area contributed by atoms with Gasteiger partial charge in [-0.1, -0.05) is 24.4 Å². The first-order chi connectivity index (χ1) is 11.0. The van der Waals surface area contributed by atoms with Crippen LogP contribution in [0.1, 0.15) is 32.1 Å². The average Bonchev–Trinajstić information content (AvgIpc) is 3.07. The Hall–Kier alpha value is -2.08. The number of urea groups is 1. The first-order valence-corrected chi connectivity index (χ1v) is 8.07. The maximum atomic E-state index is 12.4. The standard InChI is InChI=1S/C16H18ClN3O3/c17-11-3-5-12(6-4-11)18-13(21)7-10-20-14(22)16(19-15(20)23)8-1-2-9-16/h3-6H,1-2,7-10H2,(H,18,21)(H,19,23). The maximum Gasteiger partial charge on any atom is 0.325 e. The van der Waals surface area contributed by atoms with E-state index in [1.807, 2.05) is 0 Å². The van der Waals surface area contributed by atoms with Gasteiger partial charge in [0.2, 0.25) is 5.91 Å². The predicted octanol–water partition coefficient (Wildman–Crippen LogP) is 2.53. The van der Waals surface area contributed by atoms with E-state index in [1.54, 1.807) is 24.3 Å². The molecule has 0 aromatic heterocycles. The van der Waals surface area contributed by atoms with E-state index in [-0.39, 0.29) is 24.8 Å². The molecule has 122 valence electrons. The SMILES string of the molecule is O=C(CCN1C(=O)NC2(CCCC2)C1=O)Nc1ccc(Cl)cc1. The summed E-state index contributed by atoms with van der Waals surface area (Å²) in [6.45, 7) is 0.0891. The van der Waals surface area contributed by atoms with Gasteiger partial charge in [-0.25, -0.2) is 4.79 Å². The van der Waals surface area contributed by atoms with Crippen LogP contribution in [0.15, 0.2) is 24.3 Å². The Balaban J connectivity index is 1.55. The van der Waals surface area contributed by atoms with Gasteiger partial charge >= 0.3 is 6.03 Å². The minimum absolute atomic E-state index is 0.0673. The lowest BCUT2D eigenvalue weighted by atomic mass is 9.98. The Labute approximate surface area is 139 Å². The van der Waals surface area contributed by atoms with Crippen molar-refractivity contribution in [2.45, 2.75) is 37.6 Å². The van der Waals surface area contributed by atoms with Crippen molar-refractivity contribution in [2.75, 3.05) is 11.9 Å². The van der Waals surface area contributed by atoms with Crippen molar-refractivity contribution in [3.63, 3.8) is 0 Å². The van der Waals surface area contributed by atoms with Gasteiger partial charge in [0.1, 0.15) is 5.54 Å². The van der Waals surface area contributed by atoms with Crippen LogP contribution in [0.25, 0.3) is 0 Å². The Kier molecular flexibility index (Phi) is 4.26. The van der Waals surface area contributed by atoms with Crippen molar-refractivity contribution < 1.29 is 14.4 Å². The van der Waals surface area contributed by atoms with Crippen LogP contribution in [0.5, 0.6) is 0 Å². The molecule has 3 rings (SSSR count). The van der Waals surface area contributed by atoms with Crippen molar-refractivity contribution in [2.24, 2.45) is 0 Å². The zero-order valence-electron chi connectivity index (χ0n) is 12.6. The second kappa shape index (κ2) is 6.20. The molecule has 2 aliphatic rings. The molecule has 1 aliphatic heterocycles.